The number of ether oxygens (including phenoxy) is 1. The first-order valence-corrected chi connectivity index (χ1v) is 5.51. The summed E-state index contributed by atoms with van der Waals surface area (Å²) in [5, 5.41) is 3.98. The van der Waals surface area contributed by atoms with Gasteiger partial charge in [-0.15, -0.1) is 0 Å². The monoisotopic (exact) mass is 296 g/mol. The van der Waals surface area contributed by atoms with Crippen molar-refractivity contribution in [3.05, 3.63) is 34.5 Å². The summed E-state index contributed by atoms with van der Waals surface area (Å²) in [5.74, 6) is 0.110. The lowest BCUT2D eigenvalue weighted by molar-refractivity contribution is 0.102. The van der Waals surface area contributed by atoms with Crippen molar-refractivity contribution in [1.82, 2.24) is 19.7 Å². The van der Waals surface area contributed by atoms with Crippen molar-refractivity contribution in [3.8, 4) is 5.88 Å². The van der Waals surface area contributed by atoms with E-state index in [1.807, 2.05) is 0 Å². The van der Waals surface area contributed by atoms with Gasteiger partial charge in [0.2, 0.25) is 11.7 Å². The highest BCUT2D eigenvalue weighted by Gasteiger charge is 2.19. The summed E-state index contributed by atoms with van der Waals surface area (Å²) in [6.45, 7) is 0. The minimum atomic E-state index is -0.238. The van der Waals surface area contributed by atoms with Crippen LogP contribution in [0.1, 0.15) is 16.2 Å². The molecule has 0 saturated carbocycles. The maximum Gasteiger partial charge on any atom is 0.230 e. The Balaban J connectivity index is 2.44. The second-order valence-corrected chi connectivity index (χ2v) is 4.09. The molecule has 0 N–H and O–H groups in total. The zero-order chi connectivity index (χ0) is 12.4. The van der Waals surface area contributed by atoms with E-state index in [4.69, 9.17) is 4.74 Å². The first-order chi connectivity index (χ1) is 8.13. The lowest BCUT2D eigenvalue weighted by atomic mass is 10.2. The highest BCUT2D eigenvalue weighted by molar-refractivity contribution is 9.10. The van der Waals surface area contributed by atoms with Crippen LogP contribution in [0.25, 0.3) is 0 Å². The number of nitrogens with zero attached hydrogens (tertiary/aromatic N) is 4. The Hall–Kier alpha value is -1.76. The van der Waals surface area contributed by atoms with Gasteiger partial charge in [-0.2, -0.15) is 5.10 Å². The number of methoxy groups -OCH3 is 1. The van der Waals surface area contributed by atoms with Crippen LogP contribution >= 0.6 is 15.9 Å². The molecule has 2 aromatic rings. The van der Waals surface area contributed by atoms with Gasteiger partial charge in [-0.25, -0.2) is 9.97 Å². The normalized spacial score (nSPS) is 10.3. The van der Waals surface area contributed by atoms with Crippen LogP contribution in [0.5, 0.6) is 5.88 Å². The van der Waals surface area contributed by atoms with Crippen molar-refractivity contribution in [3.63, 3.8) is 0 Å². The van der Waals surface area contributed by atoms with E-state index in [2.05, 4.69) is 31.0 Å². The van der Waals surface area contributed by atoms with Crippen molar-refractivity contribution in [2.45, 2.75) is 0 Å². The van der Waals surface area contributed by atoms with Crippen LogP contribution in [0, 0.1) is 0 Å². The van der Waals surface area contributed by atoms with E-state index in [1.54, 1.807) is 13.2 Å². The quantitative estimate of drug-likeness (QED) is 0.796. The number of aryl methyl sites for hydroxylation is 1. The average molecular weight is 297 g/mol. The first kappa shape index (κ1) is 11.7. The SMILES string of the molecule is COc1cc(C(=O)c2c(Br)cnn2C)ncn1. The summed E-state index contributed by atoms with van der Waals surface area (Å²) < 4.78 is 7.06. The molecule has 0 spiro atoms. The van der Waals surface area contributed by atoms with Gasteiger partial charge in [0.1, 0.15) is 17.7 Å². The second-order valence-electron chi connectivity index (χ2n) is 3.24. The Morgan fingerprint density at radius 2 is 2.24 bits per heavy atom. The van der Waals surface area contributed by atoms with Crippen molar-refractivity contribution < 1.29 is 9.53 Å². The molecule has 0 aromatic carbocycles. The van der Waals surface area contributed by atoms with Gasteiger partial charge in [-0.3, -0.25) is 9.48 Å². The van der Waals surface area contributed by atoms with Crippen LogP contribution in [-0.2, 0) is 7.05 Å². The molecule has 0 aliphatic carbocycles. The highest BCUT2D eigenvalue weighted by Crippen LogP contribution is 2.19. The Bertz CT molecular complexity index is 548. The molecule has 0 unspecified atom stereocenters. The van der Waals surface area contributed by atoms with Crippen molar-refractivity contribution in [1.29, 1.82) is 0 Å². The number of hydrogen-bond donors (Lipinski definition) is 0. The lowest BCUT2D eigenvalue weighted by Crippen LogP contribution is -2.11. The number of carbonyl (C=O) groups is 1. The summed E-state index contributed by atoms with van der Waals surface area (Å²) in [6, 6.07) is 1.49. The second kappa shape index (κ2) is 4.62. The van der Waals surface area contributed by atoms with Gasteiger partial charge in [0.15, 0.2) is 0 Å². The van der Waals surface area contributed by atoms with E-state index in [0.717, 1.165) is 0 Å². The molecule has 7 heteroatoms. The van der Waals surface area contributed by atoms with Crippen LogP contribution in [0.15, 0.2) is 23.1 Å². The number of aromatic nitrogens is 4. The third-order valence-corrected chi connectivity index (χ3v) is 2.77. The van der Waals surface area contributed by atoms with Crippen LogP contribution in [0.3, 0.4) is 0 Å². The Kier molecular flexibility index (Phi) is 3.19. The molecule has 0 aliphatic heterocycles. The number of carbonyl (C=O) groups excluding carboxylic acids is 1. The molecule has 2 aromatic heterocycles. The zero-order valence-corrected chi connectivity index (χ0v) is 10.8. The maximum absolute atomic E-state index is 12.2. The topological polar surface area (TPSA) is 69.9 Å². The Morgan fingerprint density at radius 1 is 1.47 bits per heavy atom. The number of halogens is 1. The fourth-order valence-corrected chi connectivity index (χ4v) is 1.89. The predicted molar refractivity (Wildman–Crippen MR) is 62.9 cm³/mol. The molecule has 0 saturated heterocycles. The molecule has 0 fully saturated rings. The largest absolute Gasteiger partial charge is 0.481 e. The number of ketones is 1. The van der Waals surface area contributed by atoms with Crippen LogP contribution < -0.4 is 4.74 Å². The number of hydrogen-bond acceptors (Lipinski definition) is 5. The zero-order valence-electron chi connectivity index (χ0n) is 9.22. The molecular weight excluding hydrogens is 288 g/mol. The van der Waals surface area contributed by atoms with Gasteiger partial charge in [0.05, 0.1) is 17.8 Å². The highest BCUT2D eigenvalue weighted by atomic mass is 79.9. The molecule has 0 amide bonds. The molecule has 0 aliphatic rings. The van der Waals surface area contributed by atoms with E-state index in [0.29, 0.717) is 16.0 Å². The molecule has 0 radical (unpaired) electrons. The van der Waals surface area contributed by atoms with Gasteiger partial charge < -0.3 is 4.74 Å². The van der Waals surface area contributed by atoms with Crippen LogP contribution in [-0.4, -0.2) is 32.6 Å². The minimum Gasteiger partial charge on any atom is -0.481 e. The Labute approximate surface area is 106 Å². The van der Waals surface area contributed by atoms with Crippen molar-refractivity contribution in [2.75, 3.05) is 7.11 Å². The molecule has 0 atom stereocenters. The summed E-state index contributed by atoms with van der Waals surface area (Å²) in [4.78, 5) is 20.0. The molecule has 0 bridgehead atoms. The molecule has 2 heterocycles. The molecule has 88 valence electrons. The fourth-order valence-electron chi connectivity index (χ4n) is 1.36. The standard InChI is InChI=1S/C10H9BrN4O2/c1-15-9(6(11)4-14-15)10(16)7-3-8(17-2)13-5-12-7/h3-5H,1-2H3. The van der Waals surface area contributed by atoms with E-state index >= 15 is 0 Å². The van der Waals surface area contributed by atoms with E-state index in [1.165, 1.54) is 24.2 Å². The van der Waals surface area contributed by atoms with Gasteiger partial charge in [-0.05, 0) is 15.9 Å². The maximum atomic E-state index is 12.2. The van der Waals surface area contributed by atoms with Gasteiger partial charge >= 0.3 is 0 Å². The third kappa shape index (κ3) is 2.19. The van der Waals surface area contributed by atoms with E-state index in [-0.39, 0.29) is 11.5 Å². The van der Waals surface area contributed by atoms with Gasteiger partial charge in [0, 0.05) is 13.1 Å². The van der Waals surface area contributed by atoms with Crippen molar-refractivity contribution >= 4 is 21.7 Å². The minimum absolute atomic E-state index is 0.238. The van der Waals surface area contributed by atoms with Gasteiger partial charge in [0.25, 0.3) is 0 Å². The van der Waals surface area contributed by atoms with E-state index in [9.17, 15) is 4.79 Å². The first-order valence-electron chi connectivity index (χ1n) is 4.71. The molecule has 2 rings (SSSR count). The number of rotatable bonds is 3. The Morgan fingerprint density at radius 3 is 2.82 bits per heavy atom. The van der Waals surface area contributed by atoms with Crippen LogP contribution in [0.2, 0.25) is 0 Å². The predicted octanol–water partition coefficient (Wildman–Crippen LogP) is 1.21. The molecule has 6 nitrogen and oxygen atoms in total. The lowest BCUT2D eigenvalue weighted by Gasteiger charge is -2.03. The average Bonchev–Trinajstić information content (AvgIpc) is 2.68. The smallest absolute Gasteiger partial charge is 0.230 e. The summed E-state index contributed by atoms with van der Waals surface area (Å²) in [6.07, 6.45) is 2.85. The molecular formula is C10H9BrN4O2. The van der Waals surface area contributed by atoms with Crippen molar-refractivity contribution in [2.24, 2.45) is 7.05 Å². The summed E-state index contributed by atoms with van der Waals surface area (Å²) in [5.41, 5.74) is 0.701. The summed E-state index contributed by atoms with van der Waals surface area (Å²) in [7, 11) is 3.17. The molecule has 17 heavy (non-hydrogen) atoms. The fraction of sp³-hybridized carbons (Fsp3) is 0.200. The van der Waals surface area contributed by atoms with Gasteiger partial charge in [-0.1, -0.05) is 0 Å². The van der Waals surface area contributed by atoms with E-state index < -0.39 is 0 Å². The summed E-state index contributed by atoms with van der Waals surface area (Å²) >= 11 is 3.27. The van der Waals surface area contributed by atoms with Crippen LogP contribution in [0.4, 0.5) is 0 Å². The third-order valence-electron chi connectivity index (χ3n) is 2.19.